The van der Waals surface area contributed by atoms with Crippen molar-refractivity contribution in [3.8, 4) is 0 Å². The molecule has 0 radical (unpaired) electrons. The molecular weight excluding hydrogens is 134 g/mol. The van der Waals surface area contributed by atoms with Gasteiger partial charge in [-0.3, -0.25) is 4.68 Å². The van der Waals surface area contributed by atoms with Gasteiger partial charge in [0.25, 0.3) is 0 Å². The summed E-state index contributed by atoms with van der Waals surface area (Å²) in [5.74, 6) is 0.604. The Bertz CT molecular complexity index is 246. The highest BCUT2D eigenvalue weighted by molar-refractivity contribution is 7.78. The van der Waals surface area contributed by atoms with Crippen molar-refractivity contribution in [3.05, 3.63) is 12.3 Å². The van der Waals surface area contributed by atoms with Crippen molar-refractivity contribution >= 4 is 23.2 Å². The van der Waals surface area contributed by atoms with Crippen molar-refractivity contribution in [3.63, 3.8) is 0 Å². The molecule has 9 heavy (non-hydrogen) atoms. The molecule has 0 spiro atoms. The molecule has 1 aromatic heterocycles. The molecule has 0 unspecified atom stereocenters. The fourth-order valence-corrected chi connectivity index (χ4v) is 0.603. The second kappa shape index (κ2) is 2.53. The number of nitrogens with zero attached hydrogens (tertiary/aromatic N) is 3. The Kier molecular flexibility index (Phi) is 1.72. The van der Waals surface area contributed by atoms with Gasteiger partial charge in [0.15, 0.2) is 5.82 Å². The molecule has 4 heteroatoms. The molecule has 0 aliphatic carbocycles. The van der Waals surface area contributed by atoms with Crippen LogP contribution in [-0.4, -0.2) is 14.9 Å². The van der Waals surface area contributed by atoms with Crippen molar-refractivity contribution in [1.29, 1.82) is 0 Å². The molecule has 0 aliphatic rings. The minimum absolute atomic E-state index is 0.604. The first-order chi connectivity index (χ1) is 4.33. The van der Waals surface area contributed by atoms with Gasteiger partial charge in [0.1, 0.15) is 0 Å². The van der Waals surface area contributed by atoms with Crippen LogP contribution in [0.5, 0.6) is 0 Å². The highest BCUT2D eigenvalue weighted by Gasteiger charge is 1.88. The molecule has 1 heterocycles. The highest BCUT2D eigenvalue weighted by atomic mass is 32.1. The third-order valence-electron chi connectivity index (χ3n) is 0.860. The molecule has 3 nitrogen and oxygen atoms in total. The van der Waals surface area contributed by atoms with Crippen molar-refractivity contribution < 1.29 is 0 Å². The van der Waals surface area contributed by atoms with Crippen LogP contribution >= 0.6 is 12.2 Å². The van der Waals surface area contributed by atoms with Crippen molar-refractivity contribution in [2.75, 3.05) is 0 Å². The lowest BCUT2D eigenvalue weighted by Gasteiger charge is -1.80. The van der Waals surface area contributed by atoms with E-state index in [1.807, 2.05) is 7.05 Å². The summed E-state index contributed by atoms with van der Waals surface area (Å²) in [6.07, 6.45) is 1.80. The SMILES string of the molecule is Cn1ccc(N=C=S)n1. The molecule has 0 N–H and O–H groups in total. The molecule has 0 fully saturated rings. The summed E-state index contributed by atoms with van der Waals surface area (Å²) >= 11 is 4.38. The first-order valence-corrected chi connectivity index (χ1v) is 2.81. The van der Waals surface area contributed by atoms with Crippen LogP contribution in [0.3, 0.4) is 0 Å². The van der Waals surface area contributed by atoms with E-state index >= 15 is 0 Å². The van der Waals surface area contributed by atoms with E-state index < -0.39 is 0 Å². The zero-order valence-corrected chi connectivity index (χ0v) is 5.72. The fourth-order valence-electron chi connectivity index (χ4n) is 0.509. The van der Waals surface area contributed by atoms with Crippen LogP contribution in [0.1, 0.15) is 0 Å². The third kappa shape index (κ3) is 1.45. The third-order valence-corrected chi connectivity index (χ3v) is 0.951. The summed E-state index contributed by atoms with van der Waals surface area (Å²) in [5.41, 5.74) is 0. The Labute approximate surface area is 58.0 Å². The van der Waals surface area contributed by atoms with Crippen LogP contribution in [-0.2, 0) is 7.05 Å². The van der Waals surface area contributed by atoms with Gasteiger partial charge in [-0.15, -0.1) is 0 Å². The van der Waals surface area contributed by atoms with Gasteiger partial charge in [0.05, 0.1) is 5.16 Å². The van der Waals surface area contributed by atoms with E-state index in [0.29, 0.717) is 5.82 Å². The minimum Gasteiger partial charge on any atom is -0.274 e. The molecule has 1 rings (SSSR count). The second-order valence-electron chi connectivity index (χ2n) is 1.55. The Balaban J connectivity index is 2.97. The molecule has 0 aliphatic heterocycles. The molecule has 0 amide bonds. The largest absolute Gasteiger partial charge is 0.274 e. The van der Waals surface area contributed by atoms with Crippen LogP contribution < -0.4 is 0 Å². The molecule has 0 atom stereocenters. The average molecular weight is 139 g/mol. The van der Waals surface area contributed by atoms with Gasteiger partial charge in [-0.1, -0.05) is 0 Å². The van der Waals surface area contributed by atoms with E-state index in [2.05, 4.69) is 27.5 Å². The molecule has 0 bridgehead atoms. The Morgan fingerprint density at radius 3 is 3.11 bits per heavy atom. The highest BCUT2D eigenvalue weighted by Crippen LogP contribution is 2.02. The summed E-state index contributed by atoms with van der Waals surface area (Å²) in [4.78, 5) is 3.66. The second-order valence-corrected chi connectivity index (χ2v) is 1.73. The minimum atomic E-state index is 0.604. The Morgan fingerprint density at radius 1 is 1.89 bits per heavy atom. The van der Waals surface area contributed by atoms with Gasteiger partial charge < -0.3 is 0 Å². The van der Waals surface area contributed by atoms with Crippen LogP contribution in [0.15, 0.2) is 17.3 Å². The van der Waals surface area contributed by atoms with Crippen LogP contribution in [0.2, 0.25) is 0 Å². The molecule has 46 valence electrons. The van der Waals surface area contributed by atoms with Crippen molar-refractivity contribution in [2.45, 2.75) is 0 Å². The average Bonchev–Trinajstić information content (AvgIpc) is 2.17. The lowest BCUT2D eigenvalue weighted by Crippen LogP contribution is -1.84. The van der Waals surface area contributed by atoms with Gasteiger partial charge >= 0.3 is 0 Å². The number of aryl methyl sites for hydroxylation is 1. The number of thiocarbonyl (C=S) groups is 1. The molecule has 0 saturated carbocycles. The van der Waals surface area contributed by atoms with E-state index in [-0.39, 0.29) is 0 Å². The quantitative estimate of drug-likeness (QED) is 0.431. The van der Waals surface area contributed by atoms with Gasteiger partial charge in [-0.05, 0) is 12.2 Å². The first kappa shape index (κ1) is 6.13. The summed E-state index contributed by atoms with van der Waals surface area (Å²) in [6, 6.07) is 1.76. The maximum Gasteiger partial charge on any atom is 0.184 e. The number of aromatic nitrogens is 2. The summed E-state index contributed by atoms with van der Waals surface area (Å²) in [6.45, 7) is 0. The first-order valence-electron chi connectivity index (χ1n) is 2.40. The number of hydrogen-bond donors (Lipinski definition) is 0. The van der Waals surface area contributed by atoms with Crippen LogP contribution in [0.4, 0.5) is 5.82 Å². The van der Waals surface area contributed by atoms with Gasteiger partial charge in [-0.2, -0.15) is 10.1 Å². The van der Waals surface area contributed by atoms with E-state index in [4.69, 9.17) is 0 Å². The molecule has 0 saturated heterocycles. The normalized spacial score (nSPS) is 8.56. The predicted molar refractivity (Wildman–Crippen MR) is 37.9 cm³/mol. The van der Waals surface area contributed by atoms with Crippen LogP contribution in [0.25, 0.3) is 0 Å². The number of rotatable bonds is 1. The number of hydrogen-bond acceptors (Lipinski definition) is 3. The zero-order valence-electron chi connectivity index (χ0n) is 4.90. The monoisotopic (exact) mass is 139 g/mol. The van der Waals surface area contributed by atoms with Gasteiger partial charge in [0.2, 0.25) is 0 Å². The van der Waals surface area contributed by atoms with Crippen LogP contribution in [0, 0.1) is 0 Å². The topological polar surface area (TPSA) is 30.2 Å². The maximum absolute atomic E-state index is 4.38. The van der Waals surface area contributed by atoms with E-state index in [1.54, 1.807) is 16.9 Å². The lowest BCUT2D eigenvalue weighted by molar-refractivity contribution is 0.769. The number of isothiocyanates is 1. The lowest BCUT2D eigenvalue weighted by atomic mass is 10.7. The van der Waals surface area contributed by atoms with Gasteiger partial charge in [-0.25, -0.2) is 0 Å². The molecule has 0 aromatic carbocycles. The van der Waals surface area contributed by atoms with E-state index in [1.165, 1.54) is 0 Å². The summed E-state index contributed by atoms with van der Waals surface area (Å²) < 4.78 is 1.66. The summed E-state index contributed by atoms with van der Waals surface area (Å²) in [5, 5.41) is 6.15. The van der Waals surface area contributed by atoms with Crippen molar-refractivity contribution in [2.24, 2.45) is 12.0 Å². The number of aliphatic imine (C=N–C) groups is 1. The standard InChI is InChI=1S/C5H5N3S/c1-8-3-2-5(7-8)6-4-9/h2-3H,1H3. The predicted octanol–water partition coefficient (Wildman–Crippen LogP) is 1.15. The molecule has 1 aromatic rings. The molecular formula is C5H5N3S. The maximum atomic E-state index is 4.38. The van der Waals surface area contributed by atoms with Crippen molar-refractivity contribution in [1.82, 2.24) is 9.78 Å². The zero-order chi connectivity index (χ0) is 6.69. The Hall–Kier alpha value is -0.990. The smallest absolute Gasteiger partial charge is 0.184 e. The van der Waals surface area contributed by atoms with E-state index in [0.717, 1.165) is 0 Å². The van der Waals surface area contributed by atoms with E-state index in [9.17, 15) is 0 Å². The summed E-state index contributed by atoms with van der Waals surface area (Å²) in [7, 11) is 1.82. The fraction of sp³-hybridized carbons (Fsp3) is 0.200. The Morgan fingerprint density at radius 2 is 2.67 bits per heavy atom. The van der Waals surface area contributed by atoms with Gasteiger partial charge in [0, 0.05) is 19.3 Å².